The molecule has 7 nitrogen and oxygen atoms in total. The molecular weight excluding hydrogens is 426 g/mol. The minimum Gasteiger partial charge on any atom is -0.383 e. The van der Waals surface area contributed by atoms with Crippen molar-refractivity contribution in [3.05, 3.63) is 77.5 Å². The maximum atomic E-state index is 13.3. The lowest BCUT2D eigenvalue weighted by Crippen LogP contribution is -2.42. The molecule has 2 aromatic carbocycles. The number of anilines is 1. The number of hydrogen-bond donors (Lipinski definition) is 2. The van der Waals surface area contributed by atoms with E-state index in [2.05, 4.69) is 39.8 Å². The number of likely N-dealkylation sites (tertiary alicyclic amines) is 1. The maximum Gasteiger partial charge on any atom is 0.320 e. The average Bonchev–Trinajstić information content (AvgIpc) is 3.45. The van der Waals surface area contributed by atoms with E-state index >= 15 is 0 Å². The lowest BCUT2D eigenvalue weighted by Gasteiger charge is -2.21. The highest BCUT2D eigenvalue weighted by Gasteiger charge is 2.35. The van der Waals surface area contributed by atoms with Gasteiger partial charge in [-0.15, -0.1) is 0 Å². The Bertz CT molecular complexity index is 1100. The number of benzene rings is 2. The van der Waals surface area contributed by atoms with E-state index in [1.165, 1.54) is 5.56 Å². The van der Waals surface area contributed by atoms with Gasteiger partial charge in [0.05, 0.1) is 24.0 Å². The largest absolute Gasteiger partial charge is 0.383 e. The molecule has 2 N–H and O–H groups in total. The number of aromatic nitrogens is 2. The molecule has 178 valence electrons. The molecule has 1 aliphatic carbocycles. The fraction of sp³-hybridized carbons (Fsp3) is 0.407. The Balaban J connectivity index is 1.36. The van der Waals surface area contributed by atoms with Gasteiger partial charge in [-0.05, 0) is 43.4 Å². The number of hydrogen-bond acceptors (Lipinski definition) is 4. The number of fused-ring (bicyclic) bond motifs is 1. The number of rotatable bonds is 7. The first-order valence-corrected chi connectivity index (χ1v) is 12.2. The van der Waals surface area contributed by atoms with Gasteiger partial charge in [-0.1, -0.05) is 48.5 Å². The van der Waals surface area contributed by atoms with Gasteiger partial charge in [-0.3, -0.25) is 10.2 Å². The smallest absolute Gasteiger partial charge is 0.320 e. The number of nitrogens with one attached hydrogen (secondary N) is 2. The Labute approximate surface area is 201 Å². The van der Waals surface area contributed by atoms with Gasteiger partial charge >= 0.3 is 6.03 Å². The van der Waals surface area contributed by atoms with Crippen LogP contribution in [0.3, 0.4) is 0 Å². The molecule has 5 rings (SSSR count). The van der Waals surface area contributed by atoms with Crippen LogP contribution in [0.2, 0.25) is 0 Å². The third kappa shape index (κ3) is 4.86. The van der Waals surface area contributed by atoms with Crippen LogP contribution >= 0.6 is 0 Å². The van der Waals surface area contributed by atoms with Crippen molar-refractivity contribution in [3.63, 3.8) is 0 Å². The number of carbonyl (C=O) groups excluding carboxylic acids is 1. The molecule has 1 saturated heterocycles. The van der Waals surface area contributed by atoms with Crippen LogP contribution in [-0.2, 0) is 17.6 Å². The van der Waals surface area contributed by atoms with Gasteiger partial charge in [-0.25, -0.2) is 9.48 Å². The topological polar surface area (TPSA) is 71.4 Å². The molecular formula is C27H33N5O2. The fourth-order valence-corrected chi connectivity index (χ4v) is 5.22. The molecule has 2 atom stereocenters. The summed E-state index contributed by atoms with van der Waals surface area (Å²) < 4.78 is 7.18. The van der Waals surface area contributed by atoms with Crippen molar-refractivity contribution < 1.29 is 9.53 Å². The molecule has 1 aliphatic heterocycles. The minimum atomic E-state index is -0.176. The summed E-state index contributed by atoms with van der Waals surface area (Å²) in [6.45, 7) is 3.23. The molecule has 2 unspecified atom stereocenters. The van der Waals surface area contributed by atoms with Crippen molar-refractivity contribution in [1.82, 2.24) is 20.0 Å². The van der Waals surface area contributed by atoms with Crippen molar-refractivity contribution >= 4 is 11.8 Å². The number of carbonyl (C=O) groups is 1. The van der Waals surface area contributed by atoms with E-state index in [4.69, 9.17) is 9.84 Å². The molecule has 0 saturated carbocycles. The summed E-state index contributed by atoms with van der Waals surface area (Å²) in [5.41, 5.74) is 4.47. The molecule has 1 fully saturated rings. The molecule has 2 aliphatic rings. The number of aryl methyl sites for hydroxylation is 1. The van der Waals surface area contributed by atoms with Gasteiger partial charge < -0.3 is 10.1 Å². The molecule has 2 amide bonds. The van der Waals surface area contributed by atoms with Gasteiger partial charge in [0.2, 0.25) is 0 Å². The first-order chi connectivity index (χ1) is 16.7. The van der Waals surface area contributed by atoms with Gasteiger partial charge in [0, 0.05) is 38.2 Å². The second-order valence-electron chi connectivity index (χ2n) is 9.20. The summed E-state index contributed by atoms with van der Waals surface area (Å²) >= 11 is 0. The van der Waals surface area contributed by atoms with Crippen LogP contribution in [0.4, 0.5) is 10.6 Å². The first-order valence-electron chi connectivity index (χ1n) is 12.2. The predicted molar refractivity (Wildman–Crippen MR) is 134 cm³/mol. The standard InChI is InChI=1S/C27H33N5O2/c1-34-17-16-31-18-23(20-10-4-2-5-11-20)25(19-31)28-27(33)29-26-22-14-8-9-15-24(22)30-32(26)21-12-6-3-7-13-21/h2-7,10-13,23,25H,8-9,14-19H2,1H3,(H2,28,29,33). The van der Waals surface area contributed by atoms with Crippen molar-refractivity contribution in [2.24, 2.45) is 0 Å². The maximum absolute atomic E-state index is 13.3. The molecule has 1 aromatic heterocycles. The Morgan fingerprint density at radius 2 is 1.76 bits per heavy atom. The molecule has 0 spiro atoms. The Morgan fingerprint density at radius 3 is 2.53 bits per heavy atom. The summed E-state index contributed by atoms with van der Waals surface area (Å²) in [5, 5.41) is 11.3. The molecule has 34 heavy (non-hydrogen) atoms. The van der Waals surface area contributed by atoms with Gasteiger partial charge in [0.1, 0.15) is 5.82 Å². The van der Waals surface area contributed by atoms with Crippen LogP contribution in [0, 0.1) is 0 Å². The van der Waals surface area contributed by atoms with E-state index in [-0.39, 0.29) is 18.0 Å². The Morgan fingerprint density at radius 1 is 1.03 bits per heavy atom. The van der Waals surface area contributed by atoms with Crippen molar-refractivity contribution in [3.8, 4) is 5.69 Å². The van der Waals surface area contributed by atoms with Crippen molar-refractivity contribution in [2.45, 2.75) is 37.6 Å². The first kappa shape index (κ1) is 22.6. The lowest BCUT2D eigenvalue weighted by atomic mass is 9.94. The van der Waals surface area contributed by atoms with Crippen molar-refractivity contribution in [1.29, 1.82) is 0 Å². The van der Waals surface area contributed by atoms with E-state index < -0.39 is 0 Å². The summed E-state index contributed by atoms with van der Waals surface area (Å²) in [7, 11) is 1.73. The normalized spacial score (nSPS) is 20.1. The number of urea groups is 1. The summed E-state index contributed by atoms with van der Waals surface area (Å²) in [5.74, 6) is 1.03. The number of nitrogens with zero attached hydrogens (tertiary/aromatic N) is 3. The van der Waals surface area contributed by atoms with Crippen LogP contribution < -0.4 is 10.6 Å². The lowest BCUT2D eigenvalue weighted by molar-refractivity contribution is 0.159. The highest BCUT2D eigenvalue weighted by Crippen LogP contribution is 2.31. The van der Waals surface area contributed by atoms with E-state index in [1.807, 2.05) is 41.1 Å². The van der Waals surface area contributed by atoms with E-state index in [9.17, 15) is 4.79 Å². The average molecular weight is 460 g/mol. The zero-order valence-electron chi connectivity index (χ0n) is 19.7. The van der Waals surface area contributed by atoms with Crippen LogP contribution in [0.1, 0.15) is 35.6 Å². The zero-order valence-corrected chi connectivity index (χ0v) is 19.7. The van der Waals surface area contributed by atoms with E-state index in [1.54, 1.807) is 7.11 Å². The molecule has 7 heteroatoms. The van der Waals surface area contributed by atoms with Crippen LogP contribution in [0.5, 0.6) is 0 Å². The second kappa shape index (κ2) is 10.4. The number of methoxy groups -OCH3 is 1. The summed E-state index contributed by atoms with van der Waals surface area (Å²) in [6.07, 6.45) is 4.16. The number of amides is 2. The Kier molecular flexibility index (Phi) is 6.92. The van der Waals surface area contributed by atoms with Crippen LogP contribution in [0.15, 0.2) is 60.7 Å². The number of ether oxygens (including phenoxy) is 1. The highest BCUT2D eigenvalue weighted by atomic mass is 16.5. The summed E-state index contributed by atoms with van der Waals surface area (Å²) in [4.78, 5) is 15.7. The van der Waals surface area contributed by atoms with Gasteiger partial charge in [0.25, 0.3) is 0 Å². The molecule has 3 aromatic rings. The zero-order chi connectivity index (χ0) is 23.3. The SMILES string of the molecule is COCCN1CC(NC(=O)Nc2c3c(nn2-c2ccccc2)CCCC3)C(c2ccccc2)C1. The Hall–Kier alpha value is -3.16. The van der Waals surface area contributed by atoms with Gasteiger partial charge in [-0.2, -0.15) is 5.10 Å². The summed E-state index contributed by atoms with van der Waals surface area (Å²) in [6, 6.07) is 20.3. The monoisotopic (exact) mass is 459 g/mol. The van der Waals surface area contributed by atoms with Crippen LogP contribution in [-0.4, -0.2) is 60.1 Å². The highest BCUT2D eigenvalue weighted by molar-refractivity contribution is 5.90. The third-order valence-corrected chi connectivity index (χ3v) is 6.94. The third-order valence-electron chi connectivity index (χ3n) is 6.94. The molecule has 0 bridgehead atoms. The van der Waals surface area contributed by atoms with E-state index in [0.29, 0.717) is 6.61 Å². The quantitative estimate of drug-likeness (QED) is 0.561. The van der Waals surface area contributed by atoms with Crippen LogP contribution in [0.25, 0.3) is 5.69 Å². The second-order valence-corrected chi connectivity index (χ2v) is 9.20. The molecule has 0 radical (unpaired) electrons. The van der Waals surface area contributed by atoms with Crippen molar-refractivity contribution in [2.75, 3.05) is 38.7 Å². The number of para-hydroxylation sites is 1. The molecule has 2 heterocycles. The van der Waals surface area contributed by atoms with E-state index in [0.717, 1.165) is 68.1 Å². The minimum absolute atomic E-state index is 0.0168. The predicted octanol–water partition coefficient (Wildman–Crippen LogP) is 3.99. The van der Waals surface area contributed by atoms with Gasteiger partial charge in [0.15, 0.2) is 0 Å². The fourth-order valence-electron chi connectivity index (χ4n) is 5.22.